The van der Waals surface area contributed by atoms with E-state index in [9.17, 15) is 13.2 Å². The minimum absolute atomic E-state index is 0.0823. The molecular weight excluding hydrogens is 562 g/mol. The lowest BCUT2D eigenvalue weighted by molar-refractivity contribution is 0.0975. The fourth-order valence-corrected chi connectivity index (χ4v) is 7.19. The fourth-order valence-electron chi connectivity index (χ4n) is 6.66. The Morgan fingerprint density at radius 3 is 2.21 bits per heavy atom. The average Bonchev–Trinajstić information content (AvgIpc) is 3.35. The Hall–Kier alpha value is -3.02. The number of hydrogen-bond acceptors (Lipinski definition) is 7. The second-order valence-corrected chi connectivity index (χ2v) is 14.8. The number of fused-ring (bicyclic) bond motifs is 1. The quantitative estimate of drug-likeness (QED) is 0.387. The Morgan fingerprint density at radius 2 is 1.63 bits per heavy atom. The van der Waals surface area contributed by atoms with Crippen molar-refractivity contribution in [2.75, 3.05) is 45.2 Å². The number of carbonyl (C=O) groups is 1. The van der Waals surface area contributed by atoms with Gasteiger partial charge in [-0.05, 0) is 68.9 Å². The number of aromatic nitrogens is 3. The summed E-state index contributed by atoms with van der Waals surface area (Å²) in [6, 6.07) is 11.1. The first-order chi connectivity index (χ1) is 20.6. The molecule has 1 amide bonds. The molecular formula is C32H45N7O3S. The van der Waals surface area contributed by atoms with Crippen LogP contribution in [-0.2, 0) is 10.2 Å². The van der Waals surface area contributed by atoms with Gasteiger partial charge in [0, 0.05) is 57.9 Å². The van der Waals surface area contributed by atoms with Crippen LogP contribution in [0.1, 0.15) is 93.4 Å². The second kappa shape index (κ2) is 12.2. The van der Waals surface area contributed by atoms with Gasteiger partial charge >= 0.3 is 10.2 Å². The topological polar surface area (TPSA) is 104 Å². The normalized spacial score (nSPS) is 19.3. The SMILES string of the molecule is CC(C)N1CCN(c2ccc(-c3cc(C(=O)NS(=O)(=O)N(C)C)nc4c3c(C3CCC3)nn4C3CCCCC3)cc2)CC1. The maximum atomic E-state index is 13.4. The van der Waals surface area contributed by atoms with Crippen molar-refractivity contribution < 1.29 is 13.2 Å². The predicted octanol–water partition coefficient (Wildman–Crippen LogP) is 4.94. The molecule has 3 heterocycles. The Bertz CT molecular complexity index is 1560. The molecule has 2 aliphatic carbocycles. The van der Waals surface area contributed by atoms with Gasteiger partial charge in [0.25, 0.3) is 5.91 Å². The van der Waals surface area contributed by atoms with Crippen molar-refractivity contribution in [1.29, 1.82) is 0 Å². The number of carbonyl (C=O) groups excluding carboxylic acids is 1. The lowest BCUT2D eigenvalue weighted by Gasteiger charge is -2.38. The number of pyridine rings is 1. The van der Waals surface area contributed by atoms with E-state index >= 15 is 0 Å². The van der Waals surface area contributed by atoms with Gasteiger partial charge in [-0.15, -0.1) is 0 Å². The standard InChI is InChI=1S/C32H45N7O3S/c1-22(2)37-17-19-38(20-18-37)25-15-13-23(14-16-25)27-21-28(32(40)35-43(41,42)36(3)4)33-31-29(27)30(24-9-8-10-24)34-39(31)26-11-6-5-7-12-26/h13-16,21-22,24,26H,5-12,17-20H2,1-4H3,(H,35,40). The average molecular weight is 608 g/mol. The molecule has 6 rings (SSSR count). The maximum absolute atomic E-state index is 13.4. The smallest absolute Gasteiger partial charge is 0.303 e. The van der Waals surface area contributed by atoms with E-state index < -0.39 is 16.1 Å². The number of anilines is 1. The van der Waals surface area contributed by atoms with Crippen LogP contribution in [0.25, 0.3) is 22.2 Å². The zero-order chi connectivity index (χ0) is 30.3. The molecule has 3 aromatic rings. The summed E-state index contributed by atoms with van der Waals surface area (Å²) in [6.07, 6.45) is 8.95. The summed E-state index contributed by atoms with van der Waals surface area (Å²) < 4.78 is 30.4. The summed E-state index contributed by atoms with van der Waals surface area (Å²) in [5.41, 5.74) is 4.88. The molecule has 0 unspecified atom stereocenters. The van der Waals surface area contributed by atoms with E-state index in [-0.39, 0.29) is 11.7 Å². The Morgan fingerprint density at radius 1 is 0.953 bits per heavy atom. The molecule has 2 aromatic heterocycles. The van der Waals surface area contributed by atoms with Crippen molar-refractivity contribution >= 4 is 32.8 Å². The Labute approximate surface area is 255 Å². The molecule has 1 N–H and O–H groups in total. The van der Waals surface area contributed by atoms with Crippen LogP contribution in [0.5, 0.6) is 0 Å². The third kappa shape index (κ3) is 6.04. The molecule has 3 aliphatic rings. The largest absolute Gasteiger partial charge is 0.369 e. The number of piperazine rings is 1. The maximum Gasteiger partial charge on any atom is 0.303 e. The molecule has 1 aliphatic heterocycles. The number of amides is 1. The van der Waals surface area contributed by atoms with Crippen LogP contribution in [0.3, 0.4) is 0 Å². The summed E-state index contributed by atoms with van der Waals surface area (Å²) in [7, 11) is -1.19. The van der Waals surface area contributed by atoms with Gasteiger partial charge in [-0.1, -0.05) is 37.8 Å². The van der Waals surface area contributed by atoms with Crippen molar-refractivity contribution in [2.24, 2.45) is 0 Å². The monoisotopic (exact) mass is 607 g/mol. The van der Waals surface area contributed by atoms with Crippen molar-refractivity contribution in [3.05, 3.63) is 41.7 Å². The second-order valence-electron chi connectivity index (χ2n) is 12.9. The fraction of sp³-hybridized carbons (Fsp3) is 0.594. The van der Waals surface area contributed by atoms with E-state index in [0.29, 0.717) is 17.6 Å². The molecule has 1 aromatic carbocycles. The van der Waals surface area contributed by atoms with Crippen LogP contribution < -0.4 is 9.62 Å². The van der Waals surface area contributed by atoms with Gasteiger partial charge in [-0.2, -0.15) is 17.8 Å². The molecule has 3 fully saturated rings. The minimum Gasteiger partial charge on any atom is -0.369 e. The predicted molar refractivity (Wildman–Crippen MR) is 171 cm³/mol. The highest BCUT2D eigenvalue weighted by Crippen LogP contribution is 2.44. The van der Waals surface area contributed by atoms with Crippen molar-refractivity contribution in [1.82, 2.24) is 28.7 Å². The Kier molecular flexibility index (Phi) is 8.50. The molecule has 0 spiro atoms. The van der Waals surface area contributed by atoms with Crippen molar-refractivity contribution in [3.8, 4) is 11.1 Å². The zero-order valence-corrected chi connectivity index (χ0v) is 26.7. The van der Waals surface area contributed by atoms with Gasteiger partial charge in [0.1, 0.15) is 5.69 Å². The third-order valence-corrected chi connectivity index (χ3v) is 11.0. The summed E-state index contributed by atoms with van der Waals surface area (Å²) in [5.74, 6) is -0.365. The lowest BCUT2D eigenvalue weighted by atomic mass is 9.81. The molecule has 2 saturated carbocycles. The van der Waals surface area contributed by atoms with Gasteiger partial charge in [-0.25, -0.2) is 14.4 Å². The molecule has 43 heavy (non-hydrogen) atoms. The number of rotatable bonds is 8. The van der Waals surface area contributed by atoms with Crippen LogP contribution in [0.15, 0.2) is 30.3 Å². The molecule has 11 heteroatoms. The first-order valence-electron chi connectivity index (χ1n) is 15.9. The first-order valence-corrected chi connectivity index (χ1v) is 17.3. The van der Waals surface area contributed by atoms with Crippen LogP contribution in [0.2, 0.25) is 0 Å². The minimum atomic E-state index is -3.98. The highest BCUT2D eigenvalue weighted by atomic mass is 32.2. The molecule has 1 saturated heterocycles. The molecule has 10 nitrogen and oxygen atoms in total. The van der Waals surface area contributed by atoms with Crippen LogP contribution in [0.4, 0.5) is 5.69 Å². The number of nitrogens with one attached hydrogen (secondary N) is 1. The van der Waals surface area contributed by atoms with E-state index in [4.69, 9.17) is 10.1 Å². The molecule has 0 atom stereocenters. The molecule has 232 valence electrons. The summed E-state index contributed by atoms with van der Waals surface area (Å²) in [5, 5.41) is 6.22. The van der Waals surface area contributed by atoms with Gasteiger partial charge < -0.3 is 4.90 Å². The van der Waals surface area contributed by atoms with E-state index in [1.807, 2.05) is 0 Å². The molecule has 0 radical (unpaired) electrons. The van der Waals surface area contributed by atoms with E-state index in [2.05, 4.69) is 57.3 Å². The van der Waals surface area contributed by atoms with Gasteiger partial charge in [0.2, 0.25) is 0 Å². The highest BCUT2D eigenvalue weighted by molar-refractivity contribution is 7.87. The van der Waals surface area contributed by atoms with Crippen LogP contribution in [-0.4, -0.2) is 84.6 Å². The third-order valence-electron chi connectivity index (χ3n) is 9.62. The highest BCUT2D eigenvalue weighted by Gasteiger charge is 2.32. The van der Waals surface area contributed by atoms with Crippen LogP contribution in [0, 0.1) is 0 Å². The van der Waals surface area contributed by atoms with Gasteiger partial charge in [0.05, 0.1) is 17.1 Å². The van der Waals surface area contributed by atoms with Gasteiger partial charge in [-0.3, -0.25) is 9.69 Å². The summed E-state index contributed by atoms with van der Waals surface area (Å²) in [4.78, 5) is 23.2. The van der Waals surface area contributed by atoms with E-state index in [1.54, 1.807) is 6.07 Å². The summed E-state index contributed by atoms with van der Waals surface area (Å²) >= 11 is 0. The first kappa shape index (κ1) is 30.0. The van der Waals surface area contributed by atoms with Crippen molar-refractivity contribution in [3.63, 3.8) is 0 Å². The Balaban J connectivity index is 1.44. The number of benzene rings is 1. The van der Waals surface area contributed by atoms with E-state index in [1.165, 1.54) is 32.6 Å². The summed E-state index contributed by atoms with van der Waals surface area (Å²) in [6.45, 7) is 8.56. The number of nitrogens with zero attached hydrogens (tertiary/aromatic N) is 6. The van der Waals surface area contributed by atoms with Crippen LogP contribution >= 0.6 is 0 Å². The lowest BCUT2D eigenvalue weighted by Crippen LogP contribution is -2.48. The zero-order valence-electron chi connectivity index (χ0n) is 25.9. The van der Waals surface area contributed by atoms with Gasteiger partial charge in [0.15, 0.2) is 5.65 Å². The van der Waals surface area contributed by atoms with E-state index in [0.717, 1.165) is 91.2 Å². The molecule has 0 bridgehead atoms. The number of hydrogen-bond donors (Lipinski definition) is 1. The van der Waals surface area contributed by atoms with Crippen molar-refractivity contribution in [2.45, 2.75) is 83.2 Å².